The smallest absolute Gasteiger partial charge is 0.196 e. The zero-order chi connectivity index (χ0) is 47.9. The Morgan fingerprint density at radius 3 is 1.22 bits per heavy atom. The number of hydrogen-bond acceptors (Lipinski definition) is 12. The van der Waals surface area contributed by atoms with Crippen LogP contribution in [0.2, 0.25) is 0 Å². The maximum absolute atomic E-state index is 4.98. The third-order valence-corrected chi connectivity index (χ3v) is 6.20. The van der Waals surface area contributed by atoms with Gasteiger partial charge < -0.3 is 26.8 Å². The predicted octanol–water partition coefficient (Wildman–Crippen LogP) is 16.9. The molecule has 0 bridgehead atoms. The topological polar surface area (TPSA) is 156 Å². The fourth-order valence-corrected chi connectivity index (χ4v) is 3.08. The number of rotatable bonds is 6. The lowest BCUT2D eigenvalue weighted by Gasteiger charge is -1.93. The van der Waals surface area contributed by atoms with Crippen LogP contribution in [0.25, 0.3) is 0 Å². The molecular weight excluding hydrogens is 757 g/mol. The zero-order valence-electron chi connectivity index (χ0n) is 42.5. The fraction of sp³-hybridized carbons (Fsp3) is 0.625. The van der Waals surface area contributed by atoms with E-state index in [-0.39, 0.29) is 0 Å². The third kappa shape index (κ3) is 38.8. The van der Waals surface area contributed by atoms with Crippen molar-refractivity contribution in [3.63, 3.8) is 0 Å². The molecule has 6 rings (SSSR count). The van der Waals surface area contributed by atoms with Crippen LogP contribution in [0.5, 0.6) is 0 Å². The lowest BCUT2D eigenvalue weighted by Crippen LogP contribution is -1.83. The Morgan fingerprint density at radius 1 is 0.450 bits per heavy atom. The maximum Gasteiger partial charge on any atom is 0.196 e. The molecule has 6 heterocycles. The van der Waals surface area contributed by atoms with Gasteiger partial charge in [-0.3, -0.25) is 0 Å². The molecule has 60 heavy (non-hydrogen) atoms. The third-order valence-electron chi connectivity index (χ3n) is 6.20. The first-order valence-corrected chi connectivity index (χ1v) is 22.2. The minimum atomic E-state index is 0.407. The molecule has 348 valence electrons. The van der Waals surface area contributed by atoms with E-state index in [2.05, 4.69) is 109 Å². The lowest BCUT2D eigenvalue weighted by molar-refractivity contribution is 0.371. The molecule has 6 aromatic heterocycles. The summed E-state index contributed by atoms with van der Waals surface area (Å²) in [6.45, 7) is 48.9. The molecule has 0 fully saturated rings. The quantitative estimate of drug-likeness (QED) is 0.156. The van der Waals surface area contributed by atoms with E-state index >= 15 is 0 Å². The van der Waals surface area contributed by atoms with E-state index in [1.54, 1.807) is 49.8 Å². The summed E-state index contributed by atoms with van der Waals surface area (Å²) in [6, 6.07) is 3.76. The van der Waals surface area contributed by atoms with Crippen molar-refractivity contribution in [3.8, 4) is 0 Å². The second kappa shape index (κ2) is 50.4. The molecule has 0 saturated carbocycles. The molecule has 0 radical (unpaired) electrons. The van der Waals surface area contributed by atoms with Gasteiger partial charge in [-0.05, 0) is 17.8 Å². The molecule has 0 atom stereocenters. The number of hydrogen-bond donors (Lipinski definition) is 0. The number of nitrogens with zero attached hydrogens (tertiary/aromatic N) is 6. The molecule has 0 unspecified atom stereocenters. The largest absolute Gasteiger partial charge is 0.451 e. The maximum atomic E-state index is 4.98. The van der Waals surface area contributed by atoms with E-state index < -0.39 is 0 Å². The van der Waals surface area contributed by atoms with Gasteiger partial charge in [-0.2, -0.15) is 0 Å². The molecular formula is C48H90N6O6. The van der Waals surface area contributed by atoms with E-state index in [0.717, 1.165) is 34.4 Å². The molecule has 6 aromatic rings. The first-order chi connectivity index (χ1) is 28.8. The summed E-state index contributed by atoms with van der Waals surface area (Å²) >= 11 is 0. The average Bonchev–Trinajstić information content (AvgIpc) is 4.14. The van der Waals surface area contributed by atoms with E-state index in [4.69, 9.17) is 17.8 Å². The standard InChI is InChI=1S/6C6H9NO.6C2H6/c1-5(2)6-3-8-4-7-6;1-5(2)6-3-7-4-8-6;1-5(2)6-3-7-8-4-6;1-5(2)6-7-3-4-8-6;1-5(2)6-3-4-8-7-6;1-5(2)6-3-4-7-8-6;6*1-2/h6*3-5H,1-2H3;6*1-2H3. The summed E-state index contributed by atoms with van der Waals surface area (Å²) in [7, 11) is 0. The van der Waals surface area contributed by atoms with Crippen molar-refractivity contribution in [1.82, 2.24) is 30.4 Å². The number of oxazole rings is 3. The lowest BCUT2D eigenvalue weighted by atomic mass is 10.1. The van der Waals surface area contributed by atoms with E-state index in [1.165, 1.54) is 12.8 Å². The Kier molecular flexibility index (Phi) is 56.3. The highest BCUT2D eigenvalue weighted by atomic mass is 16.5. The first kappa shape index (κ1) is 67.0. The predicted molar refractivity (Wildman–Crippen MR) is 252 cm³/mol. The summed E-state index contributed by atoms with van der Waals surface area (Å²) in [5.41, 5.74) is 3.19. The van der Waals surface area contributed by atoms with Crippen LogP contribution in [0, 0.1) is 0 Å². The summed E-state index contributed by atoms with van der Waals surface area (Å²) in [5, 5.41) is 10.9. The molecule has 0 aromatic carbocycles. The average molecular weight is 847 g/mol. The van der Waals surface area contributed by atoms with Crippen molar-refractivity contribution in [2.45, 2.75) is 202 Å². The van der Waals surface area contributed by atoms with Crippen molar-refractivity contribution in [2.24, 2.45) is 0 Å². The Balaban J connectivity index is -0.000000139. The Labute approximate surface area is 367 Å². The summed E-state index contributed by atoms with van der Waals surface area (Å²) in [5.74, 6) is 5.52. The molecule has 0 amide bonds. The monoisotopic (exact) mass is 847 g/mol. The molecule has 0 spiro atoms. The minimum Gasteiger partial charge on any atom is -0.451 e. The SMILES string of the molecule is CC.CC.CC.CC.CC.CC.CC(C)c1ccno1.CC(C)c1ccon1.CC(C)c1cnco1.CC(C)c1cnoc1.CC(C)c1cocn1.CC(C)c1ncco1. The highest BCUT2D eigenvalue weighted by molar-refractivity contribution is 5.05. The Hall–Kier alpha value is -4.74. The van der Waals surface area contributed by atoms with E-state index in [1.807, 2.05) is 109 Å². The van der Waals surface area contributed by atoms with Gasteiger partial charge in [0.25, 0.3) is 0 Å². The van der Waals surface area contributed by atoms with Gasteiger partial charge in [0.1, 0.15) is 36.6 Å². The minimum absolute atomic E-state index is 0.407. The zero-order valence-corrected chi connectivity index (χ0v) is 42.5. The van der Waals surface area contributed by atoms with Gasteiger partial charge in [0, 0.05) is 35.4 Å². The van der Waals surface area contributed by atoms with Crippen molar-refractivity contribution in [2.75, 3.05) is 0 Å². The summed E-state index contributed by atoms with van der Waals surface area (Å²) in [6.07, 6.45) is 16.2. The summed E-state index contributed by atoms with van der Waals surface area (Å²) in [4.78, 5) is 11.7. The second-order valence-corrected chi connectivity index (χ2v) is 12.4. The van der Waals surface area contributed by atoms with Crippen LogP contribution in [0.1, 0.15) is 236 Å². The second-order valence-electron chi connectivity index (χ2n) is 12.4. The van der Waals surface area contributed by atoms with Crippen LogP contribution in [-0.4, -0.2) is 30.4 Å². The van der Waals surface area contributed by atoms with E-state index in [0.29, 0.717) is 35.5 Å². The molecule has 0 aliphatic carbocycles. The van der Waals surface area contributed by atoms with Gasteiger partial charge in [0.2, 0.25) is 0 Å². The normalized spacial score (nSPS) is 8.90. The first-order valence-electron chi connectivity index (χ1n) is 22.2. The van der Waals surface area contributed by atoms with Crippen LogP contribution in [0.3, 0.4) is 0 Å². The van der Waals surface area contributed by atoms with E-state index in [9.17, 15) is 0 Å². The highest BCUT2D eigenvalue weighted by Crippen LogP contribution is 2.13. The van der Waals surface area contributed by atoms with Crippen LogP contribution in [0.15, 0.2) is 102 Å². The molecule has 12 heteroatoms. The number of aromatic nitrogens is 6. The van der Waals surface area contributed by atoms with Crippen LogP contribution < -0.4 is 0 Å². The fourth-order valence-electron chi connectivity index (χ4n) is 3.08. The Bertz CT molecular complexity index is 1160. The molecule has 12 nitrogen and oxygen atoms in total. The Morgan fingerprint density at radius 2 is 1.02 bits per heavy atom. The van der Waals surface area contributed by atoms with Gasteiger partial charge in [-0.1, -0.05) is 182 Å². The van der Waals surface area contributed by atoms with Gasteiger partial charge >= 0.3 is 0 Å². The van der Waals surface area contributed by atoms with Gasteiger partial charge in [0.15, 0.2) is 18.7 Å². The van der Waals surface area contributed by atoms with Crippen LogP contribution in [-0.2, 0) is 0 Å². The summed E-state index contributed by atoms with van der Waals surface area (Å²) < 4.78 is 28.8. The van der Waals surface area contributed by atoms with Crippen LogP contribution >= 0.6 is 0 Å². The molecule has 0 aliphatic heterocycles. The van der Waals surface area contributed by atoms with Gasteiger partial charge in [-0.15, -0.1) is 0 Å². The van der Waals surface area contributed by atoms with Gasteiger partial charge in [-0.25, -0.2) is 15.0 Å². The van der Waals surface area contributed by atoms with Gasteiger partial charge in [0.05, 0.1) is 36.2 Å². The van der Waals surface area contributed by atoms with Crippen molar-refractivity contribution in [3.05, 3.63) is 109 Å². The van der Waals surface area contributed by atoms with Crippen molar-refractivity contribution in [1.29, 1.82) is 0 Å². The highest BCUT2D eigenvalue weighted by Gasteiger charge is 2.02. The molecule has 0 N–H and O–H groups in total. The van der Waals surface area contributed by atoms with Crippen molar-refractivity contribution < 1.29 is 26.8 Å². The van der Waals surface area contributed by atoms with Crippen LogP contribution in [0.4, 0.5) is 0 Å². The molecule has 0 aliphatic rings. The molecule has 0 saturated heterocycles. The van der Waals surface area contributed by atoms with Crippen molar-refractivity contribution >= 4 is 0 Å².